The Balaban J connectivity index is 1.71. The van der Waals surface area contributed by atoms with Gasteiger partial charge in [0, 0.05) is 12.2 Å². The van der Waals surface area contributed by atoms with Crippen LogP contribution in [0.2, 0.25) is 0 Å². The summed E-state index contributed by atoms with van der Waals surface area (Å²) in [5.41, 5.74) is 1.34. The summed E-state index contributed by atoms with van der Waals surface area (Å²) in [4.78, 5) is 30.2. The maximum absolute atomic E-state index is 12.9. The summed E-state index contributed by atoms with van der Waals surface area (Å²) in [5.74, 6) is -0.143. The van der Waals surface area contributed by atoms with E-state index in [1.165, 1.54) is 23.7 Å². The molecule has 4 rings (SSSR count). The molecule has 0 unspecified atom stereocenters. The lowest BCUT2D eigenvalue weighted by molar-refractivity contribution is 0.0931. The third kappa shape index (κ3) is 3.21. The standard InChI is InChI=1S/C21H23N3O2/c25-20(22-15-9-4-2-1-3-5-10-15)17-12-8-14-24-19(17)23-18-13-7-6-11-16(18)21(24)26/h6-8,11-15H,1-5,9-10H2,(H,22,25). The van der Waals surface area contributed by atoms with Crippen LogP contribution in [0.4, 0.5) is 0 Å². The van der Waals surface area contributed by atoms with Gasteiger partial charge in [-0.05, 0) is 37.1 Å². The number of hydrogen-bond donors (Lipinski definition) is 1. The van der Waals surface area contributed by atoms with E-state index < -0.39 is 0 Å². The van der Waals surface area contributed by atoms with Crippen molar-refractivity contribution < 1.29 is 4.79 Å². The molecule has 5 nitrogen and oxygen atoms in total. The zero-order chi connectivity index (χ0) is 17.9. The summed E-state index contributed by atoms with van der Waals surface area (Å²) in [6.45, 7) is 0. The Morgan fingerprint density at radius 1 is 1.00 bits per heavy atom. The van der Waals surface area contributed by atoms with E-state index in [0.717, 1.165) is 25.7 Å². The lowest BCUT2D eigenvalue weighted by Crippen LogP contribution is -2.36. The number of rotatable bonds is 2. The van der Waals surface area contributed by atoms with E-state index in [9.17, 15) is 9.59 Å². The molecular weight excluding hydrogens is 326 g/mol. The van der Waals surface area contributed by atoms with Crippen molar-refractivity contribution in [1.82, 2.24) is 14.7 Å². The van der Waals surface area contributed by atoms with Crippen LogP contribution < -0.4 is 10.9 Å². The molecule has 2 heterocycles. The minimum Gasteiger partial charge on any atom is -0.349 e. The van der Waals surface area contributed by atoms with Crippen molar-refractivity contribution in [3.05, 3.63) is 58.5 Å². The molecule has 0 saturated heterocycles. The summed E-state index contributed by atoms with van der Waals surface area (Å²) in [5, 5.41) is 3.73. The zero-order valence-electron chi connectivity index (χ0n) is 14.8. The number of aromatic nitrogens is 2. The summed E-state index contributed by atoms with van der Waals surface area (Å²) >= 11 is 0. The Morgan fingerprint density at radius 3 is 2.54 bits per heavy atom. The van der Waals surface area contributed by atoms with E-state index in [-0.39, 0.29) is 17.5 Å². The molecule has 0 aliphatic heterocycles. The highest BCUT2D eigenvalue weighted by Gasteiger charge is 2.18. The smallest absolute Gasteiger partial charge is 0.265 e. The second kappa shape index (κ2) is 7.28. The summed E-state index contributed by atoms with van der Waals surface area (Å²) in [7, 11) is 0. The average molecular weight is 349 g/mol. The van der Waals surface area contributed by atoms with E-state index in [1.54, 1.807) is 30.5 Å². The van der Waals surface area contributed by atoms with Crippen LogP contribution in [-0.2, 0) is 0 Å². The van der Waals surface area contributed by atoms with Gasteiger partial charge < -0.3 is 5.32 Å². The number of nitrogens with zero attached hydrogens (tertiary/aromatic N) is 2. The lowest BCUT2D eigenvalue weighted by Gasteiger charge is -2.21. The molecule has 1 saturated carbocycles. The summed E-state index contributed by atoms with van der Waals surface area (Å²) < 4.78 is 1.47. The van der Waals surface area contributed by atoms with Crippen molar-refractivity contribution in [2.24, 2.45) is 0 Å². The highest BCUT2D eigenvalue weighted by molar-refractivity contribution is 6.00. The molecule has 2 aromatic heterocycles. The third-order valence-electron chi connectivity index (χ3n) is 5.23. The van der Waals surface area contributed by atoms with Crippen molar-refractivity contribution in [3.8, 4) is 0 Å². The molecule has 1 amide bonds. The predicted octanol–water partition coefficient (Wildman–Crippen LogP) is 3.69. The van der Waals surface area contributed by atoms with Gasteiger partial charge in [0.15, 0.2) is 5.65 Å². The fourth-order valence-electron chi connectivity index (χ4n) is 3.81. The number of nitrogens with one attached hydrogen (secondary N) is 1. The molecule has 5 heteroatoms. The van der Waals surface area contributed by atoms with Gasteiger partial charge in [-0.2, -0.15) is 0 Å². The van der Waals surface area contributed by atoms with Crippen molar-refractivity contribution in [2.75, 3.05) is 0 Å². The van der Waals surface area contributed by atoms with Gasteiger partial charge in [-0.15, -0.1) is 0 Å². The van der Waals surface area contributed by atoms with Gasteiger partial charge in [0.25, 0.3) is 11.5 Å². The zero-order valence-corrected chi connectivity index (χ0v) is 14.8. The molecule has 1 aliphatic carbocycles. The first-order chi connectivity index (χ1) is 12.7. The minimum absolute atomic E-state index is 0.143. The molecule has 0 atom stereocenters. The van der Waals surface area contributed by atoms with E-state index >= 15 is 0 Å². The number of carbonyl (C=O) groups excluding carboxylic acids is 1. The van der Waals surface area contributed by atoms with Crippen LogP contribution in [0, 0.1) is 0 Å². The second-order valence-corrected chi connectivity index (χ2v) is 7.07. The molecule has 0 radical (unpaired) electrons. The molecule has 1 aliphatic rings. The number of hydrogen-bond acceptors (Lipinski definition) is 3. The Morgan fingerprint density at radius 2 is 1.73 bits per heavy atom. The van der Waals surface area contributed by atoms with Gasteiger partial charge in [0.05, 0.1) is 16.5 Å². The van der Waals surface area contributed by atoms with Gasteiger partial charge in [-0.1, -0.05) is 44.2 Å². The first-order valence-corrected chi connectivity index (χ1v) is 9.45. The fourth-order valence-corrected chi connectivity index (χ4v) is 3.81. The number of pyridine rings is 1. The highest BCUT2D eigenvalue weighted by Crippen LogP contribution is 2.18. The minimum atomic E-state index is -0.147. The van der Waals surface area contributed by atoms with Crippen LogP contribution in [0.15, 0.2) is 47.4 Å². The van der Waals surface area contributed by atoms with Gasteiger partial charge in [0.2, 0.25) is 0 Å². The molecule has 134 valence electrons. The monoisotopic (exact) mass is 349 g/mol. The molecule has 3 aromatic rings. The largest absolute Gasteiger partial charge is 0.349 e. The van der Waals surface area contributed by atoms with Crippen molar-refractivity contribution in [1.29, 1.82) is 0 Å². The van der Waals surface area contributed by atoms with E-state index in [0.29, 0.717) is 22.1 Å². The Kier molecular flexibility index (Phi) is 4.69. The molecular formula is C21H23N3O2. The maximum Gasteiger partial charge on any atom is 0.265 e. The lowest BCUT2D eigenvalue weighted by atomic mass is 9.96. The van der Waals surface area contributed by atoms with Crippen LogP contribution in [0.5, 0.6) is 0 Å². The molecule has 26 heavy (non-hydrogen) atoms. The molecule has 1 N–H and O–H groups in total. The van der Waals surface area contributed by atoms with Crippen molar-refractivity contribution >= 4 is 22.5 Å². The van der Waals surface area contributed by atoms with Crippen LogP contribution in [0.3, 0.4) is 0 Å². The van der Waals surface area contributed by atoms with Crippen LogP contribution in [-0.4, -0.2) is 21.3 Å². The molecule has 1 aromatic carbocycles. The molecule has 0 bridgehead atoms. The Labute approximate surface area is 152 Å². The van der Waals surface area contributed by atoms with Gasteiger partial charge in [-0.25, -0.2) is 4.98 Å². The predicted molar refractivity (Wildman–Crippen MR) is 103 cm³/mol. The molecule has 0 spiro atoms. The van der Waals surface area contributed by atoms with Crippen LogP contribution in [0.25, 0.3) is 16.6 Å². The Bertz CT molecular complexity index is 1000. The quantitative estimate of drug-likeness (QED) is 0.718. The van der Waals surface area contributed by atoms with Gasteiger partial charge in [0.1, 0.15) is 0 Å². The SMILES string of the molecule is O=C(NC1CCCCCCC1)c1cccn2c(=O)c3ccccc3nc12. The highest BCUT2D eigenvalue weighted by atomic mass is 16.2. The summed E-state index contributed by atoms with van der Waals surface area (Å²) in [6.07, 6.45) is 9.80. The van der Waals surface area contributed by atoms with Crippen LogP contribution >= 0.6 is 0 Å². The maximum atomic E-state index is 12.9. The van der Waals surface area contributed by atoms with Crippen molar-refractivity contribution in [2.45, 2.75) is 51.0 Å². The third-order valence-corrected chi connectivity index (χ3v) is 5.23. The topological polar surface area (TPSA) is 63.5 Å². The second-order valence-electron chi connectivity index (χ2n) is 7.07. The van der Waals surface area contributed by atoms with E-state index in [4.69, 9.17) is 0 Å². The van der Waals surface area contributed by atoms with Gasteiger partial charge in [-0.3, -0.25) is 14.0 Å². The first kappa shape index (κ1) is 16.8. The number of fused-ring (bicyclic) bond motifs is 2. The number of para-hydroxylation sites is 1. The molecule has 1 fully saturated rings. The summed E-state index contributed by atoms with van der Waals surface area (Å²) in [6, 6.07) is 10.9. The first-order valence-electron chi connectivity index (χ1n) is 9.45. The van der Waals surface area contributed by atoms with Gasteiger partial charge >= 0.3 is 0 Å². The van der Waals surface area contributed by atoms with E-state index in [2.05, 4.69) is 10.3 Å². The number of amides is 1. The van der Waals surface area contributed by atoms with E-state index in [1.807, 2.05) is 12.1 Å². The normalized spacial score (nSPS) is 16.3. The Hall–Kier alpha value is -2.69. The number of carbonyl (C=O) groups is 1. The van der Waals surface area contributed by atoms with Crippen molar-refractivity contribution in [3.63, 3.8) is 0 Å². The fraction of sp³-hybridized carbons (Fsp3) is 0.381. The number of benzene rings is 1. The average Bonchev–Trinajstić information content (AvgIpc) is 2.63. The van der Waals surface area contributed by atoms with Crippen LogP contribution in [0.1, 0.15) is 55.3 Å².